The van der Waals surface area contributed by atoms with E-state index in [2.05, 4.69) is 28.1 Å². The Balaban J connectivity index is 1.51. The van der Waals surface area contributed by atoms with Crippen molar-refractivity contribution in [3.63, 3.8) is 0 Å². The summed E-state index contributed by atoms with van der Waals surface area (Å²) in [6, 6.07) is 10.2. The van der Waals surface area contributed by atoms with Crippen molar-refractivity contribution >= 4 is 16.9 Å². The highest BCUT2D eigenvalue weighted by atomic mass is 16.5. The summed E-state index contributed by atoms with van der Waals surface area (Å²) in [5, 5.41) is 15.7. The minimum absolute atomic E-state index is 0.138. The predicted octanol–water partition coefficient (Wildman–Crippen LogP) is 2.61. The zero-order chi connectivity index (χ0) is 17.2. The average Bonchev–Trinajstić information content (AvgIpc) is 3.23. The molecule has 2 aromatic heterocycles. The van der Waals surface area contributed by atoms with Crippen molar-refractivity contribution in [2.24, 2.45) is 5.92 Å². The smallest absolute Gasteiger partial charge is 0.266 e. The van der Waals surface area contributed by atoms with E-state index in [4.69, 9.17) is 4.52 Å². The lowest BCUT2D eigenvalue weighted by Crippen LogP contribution is -2.22. The van der Waals surface area contributed by atoms with E-state index in [1.807, 2.05) is 35.4 Å². The Morgan fingerprint density at radius 1 is 1.24 bits per heavy atom. The van der Waals surface area contributed by atoms with Gasteiger partial charge in [0.15, 0.2) is 0 Å². The van der Waals surface area contributed by atoms with E-state index in [1.165, 1.54) is 5.56 Å². The second-order valence-electron chi connectivity index (χ2n) is 6.66. The lowest BCUT2D eigenvalue weighted by atomic mass is 9.94. The molecular formula is C19H22N4O2. The van der Waals surface area contributed by atoms with Gasteiger partial charge in [-0.2, -0.15) is 4.98 Å². The number of pyridine rings is 1. The van der Waals surface area contributed by atoms with Crippen LogP contribution in [0.3, 0.4) is 0 Å². The summed E-state index contributed by atoms with van der Waals surface area (Å²) in [5.74, 6) is 1.39. The van der Waals surface area contributed by atoms with Gasteiger partial charge in [0.25, 0.3) is 5.95 Å². The second kappa shape index (κ2) is 6.80. The standard InChI is InChI=1S/C19H22N4O2/c1-2-5-18-21-19(22-25-18)23-11-14(17(24)12-23)10-13-8-9-20-16-7-4-3-6-15(13)16/h3-4,6-9,14,17,24H,2,5,10-12H2,1H3. The van der Waals surface area contributed by atoms with Crippen molar-refractivity contribution in [1.29, 1.82) is 0 Å². The number of aliphatic hydroxyl groups excluding tert-OH is 1. The first kappa shape index (κ1) is 16.0. The van der Waals surface area contributed by atoms with E-state index < -0.39 is 6.10 Å². The van der Waals surface area contributed by atoms with E-state index >= 15 is 0 Å². The highest BCUT2D eigenvalue weighted by molar-refractivity contribution is 5.81. The Labute approximate surface area is 146 Å². The maximum absolute atomic E-state index is 10.5. The first-order valence-electron chi connectivity index (χ1n) is 8.83. The van der Waals surface area contributed by atoms with E-state index in [0.717, 1.165) is 36.7 Å². The molecule has 0 amide bonds. The third kappa shape index (κ3) is 3.22. The number of nitrogens with zero attached hydrogens (tertiary/aromatic N) is 4. The lowest BCUT2D eigenvalue weighted by Gasteiger charge is -2.15. The lowest BCUT2D eigenvalue weighted by molar-refractivity contribution is 0.148. The molecule has 1 saturated heterocycles. The van der Waals surface area contributed by atoms with Gasteiger partial charge in [0.1, 0.15) is 0 Å². The molecule has 0 spiro atoms. The number of rotatable bonds is 5. The number of benzene rings is 1. The molecule has 0 aliphatic carbocycles. The first-order valence-corrected chi connectivity index (χ1v) is 8.83. The van der Waals surface area contributed by atoms with Gasteiger partial charge >= 0.3 is 0 Å². The van der Waals surface area contributed by atoms with Crippen LogP contribution in [0.4, 0.5) is 5.95 Å². The third-order valence-electron chi connectivity index (χ3n) is 4.83. The first-order chi connectivity index (χ1) is 12.2. The van der Waals surface area contributed by atoms with Crippen LogP contribution in [0.25, 0.3) is 10.9 Å². The molecule has 1 aliphatic heterocycles. The van der Waals surface area contributed by atoms with Crippen LogP contribution in [0.1, 0.15) is 24.8 Å². The number of aryl methyl sites for hydroxylation is 1. The summed E-state index contributed by atoms with van der Waals surface area (Å²) in [6.45, 7) is 3.35. The monoisotopic (exact) mass is 338 g/mol. The van der Waals surface area contributed by atoms with Gasteiger partial charge in [-0.05, 0) is 35.7 Å². The van der Waals surface area contributed by atoms with Crippen molar-refractivity contribution in [2.75, 3.05) is 18.0 Å². The van der Waals surface area contributed by atoms with Crippen LogP contribution in [-0.4, -0.2) is 39.4 Å². The Bertz CT molecular complexity index is 858. The molecule has 3 heterocycles. The molecule has 4 rings (SSSR count). The molecule has 0 saturated carbocycles. The van der Waals surface area contributed by atoms with E-state index in [-0.39, 0.29) is 5.92 Å². The van der Waals surface area contributed by atoms with Gasteiger partial charge in [0.05, 0.1) is 11.6 Å². The van der Waals surface area contributed by atoms with Gasteiger partial charge in [0.2, 0.25) is 5.89 Å². The largest absolute Gasteiger partial charge is 0.391 e. The molecule has 25 heavy (non-hydrogen) atoms. The van der Waals surface area contributed by atoms with Crippen LogP contribution in [-0.2, 0) is 12.8 Å². The van der Waals surface area contributed by atoms with Crippen molar-refractivity contribution in [3.8, 4) is 0 Å². The summed E-state index contributed by atoms with van der Waals surface area (Å²) in [7, 11) is 0. The summed E-state index contributed by atoms with van der Waals surface area (Å²) in [6.07, 6.45) is 4.01. The summed E-state index contributed by atoms with van der Waals surface area (Å²) in [4.78, 5) is 10.9. The van der Waals surface area contributed by atoms with Crippen molar-refractivity contribution in [2.45, 2.75) is 32.3 Å². The molecule has 1 N–H and O–H groups in total. The molecule has 1 fully saturated rings. The SMILES string of the molecule is CCCc1nc(N2CC(O)C(Cc3ccnc4ccccc34)C2)no1. The van der Waals surface area contributed by atoms with Crippen molar-refractivity contribution < 1.29 is 9.63 Å². The van der Waals surface area contributed by atoms with Crippen LogP contribution in [0.2, 0.25) is 0 Å². The molecule has 6 heteroatoms. The van der Waals surface area contributed by atoms with Gasteiger partial charge in [-0.3, -0.25) is 4.98 Å². The topological polar surface area (TPSA) is 75.3 Å². The van der Waals surface area contributed by atoms with E-state index in [0.29, 0.717) is 18.4 Å². The van der Waals surface area contributed by atoms with Crippen molar-refractivity contribution in [3.05, 3.63) is 48.0 Å². The molecule has 1 aromatic carbocycles. The maximum Gasteiger partial charge on any atom is 0.266 e. The Hall–Kier alpha value is -2.47. The van der Waals surface area contributed by atoms with Gasteiger partial charge in [0, 0.05) is 37.0 Å². The quantitative estimate of drug-likeness (QED) is 0.771. The highest BCUT2D eigenvalue weighted by Crippen LogP contribution is 2.27. The maximum atomic E-state index is 10.5. The minimum atomic E-state index is -0.403. The molecular weight excluding hydrogens is 316 g/mol. The normalized spacial score (nSPS) is 20.5. The van der Waals surface area contributed by atoms with Gasteiger partial charge < -0.3 is 14.5 Å². The molecule has 2 unspecified atom stereocenters. The number of fused-ring (bicyclic) bond motifs is 1. The number of aliphatic hydroxyl groups is 1. The number of para-hydroxylation sites is 1. The summed E-state index contributed by atoms with van der Waals surface area (Å²) >= 11 is 0. The molecule has 3 aromatic rings. The fraction of sp³-hybridized carbons (Fsp3) is 0.421. The Kier molecular flexibility index (Phi) is 4.36. The second-order valence-corrected chi connectivity index (χ2v) is 6.66. The van der Waals surface area contributed by atoms with Gasteiger partial charge in [-0.25, -0.2) is 0 Å². The highest BCUT2D eigenvalue weighted by Gasteiger charge is 2.33. The zero-order valence-corrected chi connectivity index (χ0v) is 14.3. The number of hydrogen-bond donors (Lipinski definition) is 1. The molecule has 0 bridgehead atoms. The van der Waals surface area contributed by atoms with Gasteiger partial charge in [-0.15, -0.1) is 0 Å². The number of hydrogen-bond acceptors (Lipinski definition) is 6. The van der Waals surface area contributed by atoms with Crippen LogP contribution >= 0.6 is 0 Å². The molecule has 0 radical (unpaired) electrons. The van der Waals surface area contributed by atoms with Gasteiger partial charge in [-0.1, -0.05) is 25.1 Å². The van der Waals surface area contributed by atoms with E-state index in [1.54, 1.807) is 0 Å². The molecule has 1 aliphatic rings. The van der Waals surface area contributed by atoms with Crippen LogP contribution < -0.4 is 4.90 Å². The fourth-order valence-electron chi connectivity index (χ4n) is 3.52. The van der Waals surface area contributed by atoms with Crippen LogP contribution in [0, 0.1) is 5.92 Å². The summed E-state index contributed by atoms with van der Waals surface area (Å²) in [5.41, 5.74) is 2.21. The van der Waals surface area contributed by atoms with E-state index in [9.17, 15) is 5.11 Å². The summed E-state index contributed by atoms with van der Waals surface area (Å²) < 4.78 is 5.27. The zero-order valence-electron chi connectivity index (χ0n) is 14.3. The fourth-order valence-corrected chi connectivity index (χ4v) is 3.52. The number of aromatic nitrogens is 3. The third-order valence-corrected chi connectivity index (χ3v) is 4.83. The molecule has 6 nitrogen and oxygen atoms in total. The number of β-amino-alcohol motifs (C(OH)–C–C–N with tert-alkyl or cyclic N) is 1. The minimum Gasteiger partial charge on any atom is -0.391 e. The molecule has 130 valence electrons. The van der Waals surface area contributed by atoms with Crippen LogP contribution in [0.5, 0.6) is 0 Å². The van der Waals surface area contributed by atoms with Crippen molar-refractivity contribution in [1.82, 2.24) is 15.1 Å². The average molecular weight is 338 g/mol. The predicted molar refractivity (Wildman–Crippen MR) is 95.4 cm³/mol. The number of anilines is 1. The Morgan fingerprint density at radius 3 is 3.00 bits per heavy atom. The molecule has 2 atom stereocenters. The Morgan fingerprint density at radius 2 is 2.12 bits per heavy atom. The van der Waals surface area contributed by atoms with Crippen LogP contribution in [0.15, 0.2) is 41.1 Å².